The second-order valence-electron chi connectivity index (χ2n) is 7.19. The van der Waals surface area contributed by atoms with E-state index >= 15 is 0 Å². The monoisotopic (exact) mass is 365 g/mol. The highest BCUT2D eigenvalue weighted by molar-refractivity contribution is 5.79. The van der Waals surface area contributed by atoms with Crippen LogP contribution in [0, 0.1) is 12.8 Å². The first-order valence-corrected chi connectivity index (χ1v) is 9.75. The number of nitrogens with zero attached hydrogens (tertiary/aromatic N) is 4. The van der Waals surface area contributed by atoms with Gasteiger partial charge >= 0.3 is 0 Å². The number of guanidine groups is 1. The van der Waals surface area contributed by atoms with Gasteiger partial charge in [0.2, 0.25) is 0 Å². The molecule has 1 aromatic rings. The van der Waals surface area contributed by atoms with Crippen molar-refractivity contribution in [1.29, 1.82) is 0 Å². The number of hydrogen-bond donors (Lipinski definition) is 1. The van der Waals surface area contributed by atoms with E-state index in [1.165, 1.54) is 0 Å². The number of aromatic nitrogens is 1. The summed E-state index contributed by atoms with van der Waals surface area (Å²) in [6.45, 7) is 14.8. The molecular weight excluding hydrogens is 330 g/mol. The van der Waals surface area contributed by atoms with Crippen LogP contribution >= 0.6 is 0 Å². The molecule has 7 heteroatoms. The van der Waals surface area contributed by atoms with Crippen LogP contribution in [0.1, 0.15) is 38.6 Å². The van der Waals surface area contributed by atoms with Gasteiger partial charge in [-0.15, -0.1) is 0 Å². The van der Waals surface area contributed by atoms with Crippen molar-refractivity contribution in [3.8, 4) is 0 Å². The van der Waals surface area contributed by atoms with Gasteiger partial charge in [0.15, 0.2) is 5.96 Å². The average Bonchev–Trinajstić information content (AvgIpc) is 3.03. The van der Waals surface area contributed by atoms with Crippen LogP contribution in [-0.2, 0) is 11.3 Å². The van der Waals surface area contributed by atoms with E-state index in [9.17, 15) is 0 Å². The summed E-state index contributed by atoms with van der Waals surface area (Å²) >= 11 is 0. The topological polar surface area (TPSA) is 66.1 Å². The van der Waals surface area contributed by atoms with E-state index in [-0.39, 0.29) is 0 Å². The molecule has 2 rings (SSSR count). The van der Waals surface area contributed by atoms with E-state index in [0.29, 0.717) is 12.0 Å². The Kier molecular flexibility index (Phi) is 8.38. The molecule has 26 heavy (non-hydrogen) atoms. The zero-order chi connectivity index (χ0) is 18.9. The highest BCUT2D eigenvalue weighted by atomic mass is 16.5. The quantitative estimate of drug-likeness (QED) is 0.562. The SMILES string of the molecule is CCOC(CCNC(=NC)N1CCN(Cc2cc(C)on2)CC1)C(C)C. The number of nitrogens with one attached hydrogen (secondary N) is 1. The van der Waals surface area contributed by atoms with E-state index < -0.39 is 0 Å². The van der Waals surface area contributed by atoms with Gasteiger partial charge in [0, 0.05) is 59.0 Å². The van der Waals surface area contributed by atoms with Crippen LogP contribution in [0.25, 0.3) is 0 Å². The van der Waals surface area contributed by atoms with E-state index in [1.54, 1.807) is 0 Å². The first-order valence-electron chi connectivity index (χ1n) is 9.75. The lowest BCUT2D eigenvalue weighted by molar-refractivity contribution is 0.0257. The summed E-state index contributed by atoms with van der Waals surface area (Å²) in [4.78, 5) is 9.19. The second-order valence-corrected chi connectivity index (χ2v) is 7.19. The molecule has 1 aromatic heterocycles. The Morgan fingerprint density at radius 1 is 1.35 bits per heavy atom. The fraction of sp³-hybridized carbons (Fsp3) is 0.789. The third kappa shape index (κ3) is 6.29. The number of hydrogen-bond acceptors (Lipinski definition) is 5. The Balaban J connectivity index is 1.73. The standard InChI is InChI=1S/C19H35N5O2/c1-6-25-18(15(2)3)7-8-21-19(20-5)24-11-9-23(10-12-24)14-17-13-16(4)26-22-17/h13,15,18H,6-12,14H2,1-5H3,(H,20,21). The van der Waals surface area contributed by atoms with Gasteiger partial charge in [-0.25, -0.2) is 0 Å². The van der Waals surface area contributed by atoms with Crippen molar-refractivity contribution in [2.75, 3.05) is 46.4 Å². The summed E-state index contributed by atoms with van der Waals surface area (Å²) in [5, 5.41) is 7.59. The normalized spacial score (nSPS) is 17.8. The Hall–Kier alpha value is -1.60. The van der Waals surface area contributed by atoms with Crippen LogP contribution in [0.15, 0.2) is 15.6 Å². The van der Waals surface area contributed by atoms with Crippen molar-refractivity contribution in [3.05, 3.63) is 17.5 Å². The Labute approximate surface area is 157 Å². The maximum Gasteiger partial charge on any atom is 0.193 e. The average molecular weight is 366 g/mol. The zero-order valence-electron chi connectivity index (χ0n) is 17.0. The van der Waals surface area contributed by atoms with Crippen LogP contribution in [0.2, 0.25) is 0 Å². The van der Waals surface area contributed by atoms with Gasteiger partial charge < -0.3 is 19.5 Å². The fourth-order valence-electron chi connectivity index (χ4n) is 3.32. The minimum absolute atomic E-state index is 0.299. The molecule has 1 unspecified atom stereocenters. The van der Waals surface area contributed by atoms with Crippen molar-refractivity contribution in [2.45, 2.75) is 46.8 Å². The van der Waals surface area contributed by atoms with Crippen molar-refractivity contribution >= 4 is 5.96 Å². The van der Waals surface area contributed by atoms with Crippen LogP contribution in [0.4, 0.5) is 0 Å². The summed E-state index contributed by atoms with van der Waals surface area (Å²) in [6, 6.07) is 2.01. The minimum Gasteiger partial charge on any atom is -0.378 e. The summed E-state index contributed by atoms with van der Waals surface area (Å²) in [5.41, 5.74) is 1.01. The predicted octanol–water partition coefficient (Wildman–Crippen LogP) is 2.13. The molecule has 0 radical (unpaired) electrons. The van der Waals surface area contributed by atoms with E-state index in [2.05, 4.69) is 46.0 Å². The van der Waals surface area contributed by atoms with Gasteiger partial charge in [-0.1, -0.05) is 19.0 Å². The molecule has 0 aromatic carbocycles. The number of rotatable bonds is 8. The van der Waals surface area contributed by atoms with Crippen LogP contribution in [-0.4, -0.2) is 73.4 Å². The summed E-state index contributed by atoms with van der Waals surface area (Å²) in [7, 11) is 1.86. The lowest BCUT2D eigenvalue weighted by Gasteiger charge is -2.36. The molecule has 1 aliphatic heterocycles. The van der Waals surface area contributed by atoms with Gasteiger partial charge in [-0.2, -0.15) is 0 Å². The van der Waals surface area contributed by atoms with Gasteiger partial charge in [0.05, 0.1) is 11.8 Å². The molecule has 1 N–H and O–H groups in total. The Bertz CT molecular complexity index is 550. The lowest BCUT2D eigenvalue weighted by Crippen LogP contribution is -2.52. The second kappa shape index (κ2) is 10.5. The molecule has 0 bridgehead atoms. The third-order valence-electron chi connectivity index (χ3n) is 4.78. The first-order chi connectivity index (χ1) is 12.5. The van der Waals surface area contributed by atoms with E-state index in [4.69, 9.17) is 9.26 Å². The molecular formula is C19H35N5O2. The maximum absolute atomic E-state index is 5.82. The van der Waals surface area contributed by atoms with Crippen molar-refractivity contribution < 1.29 is 9.26 Å². The molecule has 0 spiro atoms. The lowest BCUT2D eigenvalue weighted by atomic mass is 10.0. The van der Waals surface area contributed by atoms with Crippen molar-refractivity contribution in [2.24, 2.45) is 10.9 Å². The number of ether oxygens (including phenoxy) is 1. The Morgan fingerprint density at radius 2 is 2.08 bits per heavy atom. The van der Waals surface area contributed by atoms with E-state index in [0.717, 1.165) is 69.7 Å². The molecule has 148 valence electrons. The maximum atomic E-state index is 5.82. The van der Waals surface area contributed by atoms with E-state index in [1.807, 2.05) is 20.0 Å². The molecule has 0 aliphatic carbocycles. The zero-order valence-corrected chi connectivity index (χ0v) is 17.0. The van der Waals surface area contributed by atoms with Crippen molar-refractivity contribution in [1.82, 2.24) is 20.3 Å². The number of aryl methyl sites for hydroxylation is 1. The molecule has 7 nitrogen and oxygen atoms in total. The van der Waals surface area contributed by atoms with Gasteiger partial charge in [-0.3, -0.25) is 9.89 Å². The third-order valence-corrected chi connectivity index (χ3v) is 4.78. The molecule has 1 aliphatic rings. The summed E-state index contributed by atoms with van der Waals surface area (Å²) < 4.78 is 11.0. The number of aliphatic imine (C=N–C) groups is 1. The van der Waals surface area contributed by atoms with Gasteiger partial charge in [0.1, 0.15) is 5.76 Å². The fourth-order valence-corrected chi connectivity index (χ4v) is 3.32. The van der Waals surface area contributed by atoms with Crippen LogP contribution in [0.5, 0.6) is 0 Å². The van der Waals surface area contributed by atoms with Crippen molar-refractivity contribution in [3.63, 3.8) is 0 Å². The highest BCUT2D eigenvalue weighted by Gasteiger charge is 2.21. The molecule has 0 amide bonds. The molecule has 1 atom stereocenters. The molecule has 1 saturated heterocycles. The van der Waals surface area contributed by atoms with Crippen LogP contribution in [0.3, 0.4) is 0 Å². The highest BCUT2D eigenvalue weighted by Crippen LogP contribution is 2.11. The predicted molar refractivity (Wildman–Crippen MR) is 104 cm³/mol. The summed E-state index contributed by atoms with van der Waals surface area (Å²) in [6.07, 6.45) is 1.30. The van der Waals surface area contributed by atoms with Crippen LogP contribution < -0.4 is 5.32 Å². The smallest absolute Gasteiger partial charge is 0.193 e. The number of piperazine rings is 1. The molecule has 0 saturated carbocycles. The minimum atomic E-state index is 0.299. The van der Waals surface area contributed by atoms with Gasteiger partial charge in [0.25, 0.3) is 0 Å². The first kappa shape index (κ1) is 20.7. The largest absolute Gasteiger partial charge is 0.378 e. The summed E-state index contributed by atoms with van der Waals surface area (Å²) in [5.74, 6) is 2.39. The Morgan fingerprint density at radius 3 is 2.62 bits per heavy atom. The van der Waals surface area contributed by atoms with Gasteiger partial charge in [-0.05, 0) is 26.2 Å². The molecule has 1 fully saturated rings. The molecule has 2 heterocycles.